The first-order valence-electron chi connectivity index (χ1n) is 5.77. The molecule has 0 spiro atoms. The Labute approximate surface area is 106 Å². The monoisotopic (exact) mass is 247 g/mol. The number of anilines is 2. The van der Waals surface area contributed by atoms with Crippen LogP contribution in [0.4, 0.5) is 11.6 Å². The van der Waals surface area contributed by atoms with Crippen LogP contribution >= 0.6 is 11.3 Å². The third kappa shape index (κ3) is 2.97. The van der Waals surface area contributed by atoms with Crippen LogP contribution in [0.5, 0.6) is 0 Å². The average Bonchev–Trinajstić information content (AvgIpc) is 2.84. The summed E-state index contributed by atoms with van der Waals surface area (Å²) in [4.78, 5) is 5.82. The maximum atomic E-state index is 4.43. The normalized spacial score (nSPS) is 10.2. The van der Waals surface area contributed by atoms with Gasteiger partial charge in [-0.15, -0.1) is 11.3 Å². The van der Waals surface area contributed by atoms with Gasteiger partial charge in [0.15, 0.2) is 0 Å². The van der Waals surface area contributed by atoms with Crippen molar-refractivity contribution in [3.63, 3.8) is 0 Å². The van der Waals surface area contributed by atoms with E-state index in [1.54, 1.807) is 11.3 Å². The fourth-order valence-electron chi connectivity index (χ4n) is 1.68. The number of aromatic nitrogens is 1. The van der Waals surface area contributed by atoms with E-state index >= 15 is 0 Å². The minimum Gasteiger partial charge on any atom is -0.373 e. The predicted octanol–water partition coefficient (Wildman–Crippen LogP) is 3.36. The number of rotatable bonds is 5. The molecule has 0 aliphatic carbocycles. The Kier molecular flexibility index (Phi) is 3.98. The third-order valence-corrected chi connectivity index (χ3v) is 3.62. The van der Waals surface area contributed by atoms with Gasteiger partial charge in [0.2, 0.25) is 0 Å². The number of aryl methyl sites for hydroxylation is 1. The van der Waals surface area contributed by atoms with E-state index in [4.69, 9.17) is 0 Å². The molecule has 90 valence electrons. The molecule has 2 aromatic heterocycles. The maximum Gasteiger partial charge on any atom is 0.128 e. The van der Waals surface area contributed by atoms with Gasteiger partial charge in [-0.25, -0.2) is 4.98 Å². The quantitative estimate of drug-likeness (QED) is 0.850. The molecule has 0 saturated carbocycles. The van der Waals surface area contributed by atoms with E-state index < -0.39 is 0 Å². The summed E-state index contributed by atoms with van der Waals surface area (Å²) in [5.74, 6) is 1.80. The molecule has 0 bridgehead atoms. The summed E-state index contributed by atoms with van der Waals surface area (Å²) < 4.78 is 0. The van der Waals surface area contributed by atoms with Gasteiger partial charge in [-0.3, -0.25) is 0 Å². The summed E-state index contributed by atoms with van der Waals surface area (Å²) in [7, 11) is 1.88. The van der Waals surface area contributed by atoms with Crippen LogP contribution < -0.4 is 10.6 Å². The van der Waals surface area contributed by atoms with E-state index in [0.29, 0.717) is 0 Å². The summed E-state index contributed by atoms with van der Waals surface area (Å²) in [6.45, 7) is 3.03. The topological polar surface area (TPSA) is 37.0 Å². The molecule has 2 heterocycles. The van der Waals surface area contributed by atoms with Gasteiger partial charge < -0.3 is 10.6 Å². The SMILES string of the molecule is CCc1ccsc1CNc1cccc(NC)n1. The standard InChI is InChI=1S/C13H17N3S/c1-3-10-7-8-17-11(10)9-15-13-6-4-5-12(14-2)16-13/h4-8H,3,9H2,1-2H3,(H2,14,15,16). The molecule has 0 atom stereocenters. The highest BCUT2D eigenvalue weighted by atomic mass is 32.1. The summed E-state index contributed by atoms with van der Waals surface area (Å²) in [6.07, 6.45) is 1.09. The van der Waals surface area contributed by atoms with Gasteiger partial charge in [0.25, 0.3) is 0 Å². The van der Waals surface area contributed by atoms with E-state index in [1.807, 2.05) is 25.2 Å². The van der Waals surface area contributed by atoms with Crippen LogP contribution in [-0.4, -0.2) is 12.0 Å². The van der Waals surface area contributed by atoms with Crippen LogP contribution in [0.1, 0.15) is 17.4 Å². The van der Waals surface area contributed by atoms with E-state index in [0.717, 1.165) is 24.6 Å². The molecule has 0 saturated heterocycles. The van der Waals surface area contributed by atoms with Crippen molar-refractivity contribution in [2.24, 2.45) is 0 Å². The molecule has 2 rings (SSSR count). The zero-order chi connectivity index (χ0) is 12.1. The van der Waals surface area contributed by atoms with Crippen molar-refractivity contribution in [2.75, 3.05) is 17.7 Å². The van der Waals surface area contributed by atoms with E-state index in [1.165, 1.54) is 10.4 Å². The highest BCUT2D eigenvalue weighted by molar-refractivity contribution is 7.10. The predicted molar refractivity (Wildman–Crippen MR) is 74.8 cm³/mol. The second-order valence-electron chi connectivity index (χ2n) is 3.73. The molecule has 0 aliphatic heterocycles. The maximum absolute atomic E-state index is 4.43. The summed E-state index contributed by atoms with van der Waals surface area (Å²) >= 11 is 1.80. The van der Waals surface area contributed by atoms with E-state index in [2.05, 4.69) is 34.0 Å². The molecule has 0 aromatic carbocycles. The zero-order valence-electron chi connectivity index (χ0n) is 10.2. The molecular weight excluding hydrogens is 230 g/mol. The van der Waals surface area contributed by atoms with Crippen molar-refractivity contribution >= 4 is 23.0 Å². The first-order chi connectivity index (χ1) is 8.33. The van der Waals surface area contributed by atoms with Crippen LogP contribution in [0.3, 0.4) is 0 Å². The third-order valence-electron chi connectivity index (χ3n) is 2.65. The highest BCUT2D eigenvalue weighted by Gasteiger charge is 2.02. The van der Waals surface area contributed by atoms with Gasteiger partial charge in [0.1, 0.15) is 11.6 Å². The lowest BCUT2D eigenvalue weighted by molar-refractivity contribution is 1.07. The van der Waals surface area contributed by atoms with Crippen molar-refractivity contribution < 1.29 is 0 Å². The largest absolute Gasteiger partial charge is 0.373 e. The lowest BCUT2D eigenvalue weighted by Gasteiger charge is -2.07. The molecule has 0 fully saturated rings. The summed E-state index contributed by atoms with van der Waals surface area (Å²) in [6, 6.07) is 8.13. The molecule has 17 heavy (non-hydrogen) atoms. The molecule has 2 aromatic rings. The first-order valence-corrected chi connectivity index (χ1v) is 6.65. The zero-order valence-corrected chi connectivity index (χ0v) is 11.0. The number of thiophene rings is 1. The molecule has 0 unspecified atom stereocenters. The average molecular weight is 247 g/mol. The molecule has 0 amide bonds. The van der Waals surface area contributed by atoms with Crippen LogP contribution in [0.2, 0.25) is 0 Å². The van der Waals surface area contributed by atoms with Crippen molar-refractivity contribution in [3.05, 3.63) is 40.1 Å². The van der Waals surface area contributed by atoms with Crippen LogP contribution in [-0.2, 0) is 13.0 Å². The van der Waals surface area contributed by atoms with Gasteiger partial charge in [-0.05, 0) is 35.6 Å². The Morgan fingerprint density at radius 3 is 2.82 bits per heavy atom. The molecule has 0 radical (unpaired) electrons. The lowest BCUT2D eigenvalue weighted by atomic mass is 10.2. The van der Waals surface area contributed by atoms with Gasteiger partial charge in [-0.2, -0.15) is 0 Å². The van der Waals surface area contributed by atoms with Gasteiger partial charge in [0.05, 0.1) is 6.54 Å². The molecule has 4 heteroatoms. The van der Waals surface area contributed by atoms with Crippen molar-refractivity contribution in [1.29, 1.82) is 0 Å². The molecular formula is C13H17N3S. The van der Waals surface area contributed by atoms with Crippen molar-refractivity contribution in [2.45, 2.75) is 19.9 Å². The fourth-order valence-corrected chi connectivity index (χ4v) is 2.60. The minimum atomic E-state index is 0.848. The number of nitrogens with one attached hydrogen (secondary N) is 2. The second kappa shape index (κ2) is 5.68. The molecule has 0 aliphatic rings. The van der Waals surface area contributed by atoms with Gasteiger partial charge >= 0.3 is 0 Å². The number of hydrogen-bond acceptors (Lipinski definition) is 4. The number of hydrogen-bond donors (Lipinski definition) is 2. The van der Waals surface area contributed by atoms with Crippen LogP contribution in [0, 0.1) is 0 Å². The fraction of sp³-hybridized carbons (Fsp3) is 0.308. The van der Waals surface area contributed by atoms with Crippen LogP contribution in [0.15, 0.2) is 29.6 Å². The summed E-state index contributed by atoms with van der Waals surface area (Å²) in [5.41, 5.74) is 1.42. The smallest absolute Gasteiger partial charge is 0.128 e. The number of nitrogens with zero attached hydrogens (tertiary/aromatic N) is 1. The van der Waals surface area contributed by atoms with Gasteiger partial charge in [0, 0.05) is 11.9 Å². The second-order valence-corrected chi connectivity index (χ2v) is 4.73. The number of pyridine rings is 1. The Morgan fingerprint density at radius 1 is 1.24 bits per heavy atom. The Bertz CT molecular complexity index is 479. The lowest BCUT2D eigenvalue weighted by Crippen LogP contribution is -2.02. The minimum absolute atomic E-state index is 0.848. The van der Waals surface area contributed by atoms with Crippen molar-refractivity contribution in [1.82, 2.24) is 4.98 Å². The first kappa shape index (κ1) is 11.9. The molecule has 2 N–H and O–H groups in total. The van der Waals surface area contributed by atoms with E-state index in [-0.39, 0.29) is 0 Å². The molecule has 3 nitrogen and oxygen atoms in total. The Balaban J connectivity index is 2.02. The highest BCUT2D eigenvalue weighted by Crippen LogP contribution is 2.19. The Morgan fingerprint density at radius 2 is 2.06 bits per heavy atom. The van der Waals surface area contributed by atoms with Gasteiger partial charge in [-0.1, -0.05) is 13.0 Å². The van der Waals surface area contributed by atoms with E-state index in [9.17, 15) is 0 Å². The Hall–Kier alpha value is -1.55. The van der Waals surface area contributed by atoms with Crippen molar-refractivity contribution in [3.8, 4) is 0 Å². The summed E-state index contributed by atoms with van der Waals surface area (Å²) in [5, 5.41) is 8.54. The van der Waals surface area contributed by atoms with Crippen LogP contribution in [0.25, 0.3) is 0 Å².